The van der Waals surface area contributed by atoms with Crippen molar-refractivity contribution in [1.29, 1.82) is 0 Å². The van der Waals surface area contributed by atoms with Gasteiger partial charge in [0.1, 0.15) is 12.4 Å². The second-order valence-electron chi connectivity index (χ2n) is 6.66. The lowest BCUT2D eigenvalue weighted by atomic mass is 9.96. The first-order valence-electron chi connectivity index (χ1n) is 9.57. The van der Waals surface area contributed by atoms with Crippen LogP contribution in [0.2, 0.25) is 0 Å². The van der Waals surface area contributed by atoms with E-state index in [0.29, 0.717) is 30.3 Å². The van der Waals surface area contributed by atoms with E-state index in [9.17, 15) is 14.4 Å². The predicted molar refractivity (Wildman–Crippen MR) is 111 cm³/mol. The van der Waals surface area contributed by atoms with E-state index in [0.717, 1.165) is 11.6 Å². The molecule has 1 aliphatic heterocycles. The van der Waals surface area contributed by atoms with E-state index >= 15 is 0 Å². The summed E-state index contributed by atoms with van der Waals surface area (Å²) < 4.78 is 16.4. The Balaban J connectivity index is 1.73. The molecule has 0 saturated heterocycles. The number of carbonyl (C=O) groups is 3. The summed E-state index contributed by atoms with van der Waals surface area (Å²) in [5, 5.41) is 0. The molecule has 0 saturated carbocycles. The zero-order valence-corrected chi connectivity index (χ0v) is 16.8. The second kappa shape index (κ2) is 9.69. The van der Waals surface area contributed by atoms with Gasteiger partial charge in [0, 0.05) is 6.08 Å². The van der Waals surface area contributed by atoms with E-state index in [1.165, 1.54) is 19.1 Å². The van der Waals surface area contributed by atoms with Crippen molar-refractivity contribution in [3.05, 3.63) is 77.6 Å². The van der Waals surface area contributed by atoms with Crippen LogP contribution in [0, 0.1) is 5.92 Å². The van der Waals surface area contributed by atoms with Crippen LogP contribution in [0.25, 0.3) is 6.08 Å². The smallest absolute Gasteiger partial charge is 0.329 e. The molecule has 0 N–H and O–H groups in total. The number of rotatable bonds is 8. The number of hydrogen-bond acceptors (Lipinski definition) is 6. The summed E-state index contributed by atoms with van der Waals surface area (Å²) in [4.78, 5) is 36.2. The summed E-state index contributed by atoms with van der Waals surface area (Å²) in [6.07, 6.45) is 3.88. The standard InChI is InChI=1S/C24H22O6/c1-3-28-22-14-17(10-12-21(22)29-15-18-7-5-4-6-8-18)9-11-19(25)23-20(26)13-16(2)30-24(23)27/h4-14,23H,3,15H2,1-2H3/b11-9+. The molecule has 0 amide bonds. The van der Waals surface area contributed by atoms with Gasteiger partial charge >= 0.3 is 5.97 Å². The Kier molecular flexibility index (Phi) is 6.80. The van der Waals surface area contributed by atoms with Crippen molar-refractivity contribution in [3.8, 4) is 11.5 Å². The van der Waals surface area contributed by atoms with Crippen molar-refractivity contribution in [1.82, 2.24) is 0 Å². The van der Waals surface area contributed by atoms with Crippen LogP contribution in [0.15, 0.2) is 66.4 Å². The summed E-state index contributed by atoms with van der Waals surface area (Å²) in [7, 11) is 0. The fourth-order valence-corrected chi connectivity index (χ4v) is 2.93. The Morgan fingerprint density at radius 3 is 2.53 bits per heavy atom. The molecular formula is C24H22O6. The van der Waals surface area contributed by atoms with Crippen molar-refractivity contribution in [2.24, 2.45) is 5.92 Å². The van der Waals surface area contributed by atoms with Crippen LogP contribution in [0.5, 0.6) is 11.5 Å². The average molecular weight is 406 g/mol. The normalized spacial score (nSPS) is 16.2. The van der Waals surface area contributed by atoms with Gasteiger partial charge in [0.05, 0.1) is 6.61 Å². The van der Waals surface area contributed by atoms with Crippen LogP contribution in [0.1, 0.15) is 25.0 Å². The molecule has 0 radical (unpaired) electrons. The van der Waals surface area contributed by atoms with Crippen LogP contribution < -0.4 is 9.47 Å². The minimum Gasteiger partial charge on any atom is -0.490 e. The molecule has 0 aromatic heterocycles. The third-order valence-electron chi connectivity index (χ3n) is 4.36. The van der Waals surface area contributed by atoms with Crippen molar-refractivity contribution in [2.75, 3.05) is 6.61 Å². The van der Waals surface area contributed by atoms with E-state index < -0.39 is 23.5 Å². The summed E-state index contributed by atoms with van der Waals surface area (Å²) in [5.41, 5.74) is 1.70. The minimum atomic E-state index is -1.45. The SMILES string of the molecule is CCOc1cc(/C=C/C(=O)C2C(=O)C=C(C)OC2=O)ccc1OCc1ccccc1. The fraction of sp³-hybridized carbons (Fsp3) is 0.208. The van der Waals surface area contributed by atoms with Crippen LogP contribution >= 0.6 is 0 Å². The molecule has 1 aliphatic rings. The van der Waals surface area contributed by atoms with Gasteiger partial charge in [-0.3, -0.25) is 14.4 Å². The number of carbonyl (C=O) groups excluding carboxylic acids is 3. The van der Waals surface area contributed by atoms with Gasteiger partial charge < -0.3 is 14.2 Å². The van der Waals surface area contributed by atoms with Gasteiger partial charge in [-0.2, -0.15) is 0 Å². The third kappa shape index (κ3) is 5.23. The summed E-state index contributed by atoms with van der Waals surface area (Å²) >= 11 is 0. The number of benzene rings is 2. The molecule has 30 heavy (non-hydrogen) atoms. The Hall–Kier alpha value is -3.67. The van der Waals surface area contributed by atoms with Gasteiger partial charge in [-0.05, 0) is 43.2 Å². The Labute approximate surface area is 174 Å². The van der Waals surface area contributed by atoms with Crippen molar-refractivity contribution in [3.63, 3.8) is 0 Å². The lowest BCUT2D eigenvalue weighted by Crippen LogP contribution is -2.34. The highest BCUT2D eigenvalue weighted by Crippen LogP contribution is 2.30. The molecule has 0 aliphatic carbocycles. The molecule has 2 aromatic carbocycles. The highest BCUT2D eigenvalue weighted by molar-refractivity contribution is 6.25. The Morgan fingerprint density at radius 1 is 1.07 bits per heavy atom. The zero-order chi connectivity index (χ0) is 21.5. The van der Waals surface area contributed by atoms with Crippen LogP contribution in [0.3, 0.4) is 0 Å². The molecule has 6 nitrogen and oxygen atoms in total. The summed E-state index contributed by atoms with van der Waals surface area (Å²) in [6.45, 7) is 4.20. The van der Waals surface area contributed by atoms with Crippen LogP contribution in [-0.2, 0) is 25.7 Å². The lowest BCUT2D eigenvalue weighted by Gasteiger charge is -2.15. The van der Waals surface area contributed by atoms with Crippen LogP contribution in [0.4, 0.5) is 0 Å². The maximum absolute atomic E-state index is 12.3. The third-order valence-corrected chi connectivity index (χ3v) is 4.36. The van der Waals surface area contributed by atoms with Gasteiger partial charge in [0.25, 0.3) is 0 Å². The maximum atomic E-state index is 12.3. The molecule has 154 valence electrons. The van der Waals surface area contributed by atoms with Crippen molar-refractivity contribution >= 4 is 23.6 Å². The number of allylic oxidation sites excluding steroid dienone is 3. The van der Waals surface area contributed by atoms with E-state index in [4.69, 9.17) is 14.2 Å². The quantitative estimate of drug-likeness (QED) is 0.376. The Bertz CT molecular complexity index is 1000. The van der Waals surface area contributed by atoms with E-state index in [1.807, 2.05) is 37.3 Å². The topological polar surface area (TPSA) is 78.9 Å². The molecule has 0 fully saturated rings. The van der Waals surface area contributed by atoms with Crippen LogP contribution in [-0.4, -0.2) is 24.1 Å². The first-order chi connectivity index (χ1) is 14.5. The molecule has 1 atom stereocenters. The Morgan fingerprint density at radius 2 is 1.83 bits per heavy atom. The minimum absolute atomic E-state index is 0.186. The van der Waals surface area contributed by atoms with E-state index in [-0.39, 0.29) is 5.76 Å². The molecule has 6 heteroatoms. The molecule has 0 spiro atoms. The van der Waals surface area contributed by atoms with E-state index in [1.54, 1.807) is 18.2 Å². The zero-order valence-electron chi connectivity index (χ0n) is 16.8. The number of ketones is 2. The highest BCUT2D eigenvalue weighted by atomic mass is 16.5. The highest BCUT2D eigenvalue weighted by Gasteiger charge is 2.36. The number of ether oxygens (including phenoxy) is 3. The van der Waals surface area contributed by atoms with Gasteiger partial charge in [-0.25, -0.2) is 0 Å². The van der Waals surface area contributed by atoms with E-state index in [2.05, 4.69) is 0 Å². The predicted octanol–water partition coefficient (Wildman–Crippen LogP) is 3.89. The number of esters is 1. The van der Waals surface area contributed by atoms with Gasteiger partial charge in [-0.1, -0.05) is 42.5 Å². The largest absolute Gasteiger partial charge is 0.490 e. The molecule has 0 bridgehead atoms. The first-order valence-corrected chi connectivity index (χ1v) is 9.57. The lowest BCUT2D eigenvalue weighted by molar-refractivity contribution is -0.151. The van der Waals surface area contributed by atoms with Gasteiger partial charge in [0.2, 0.25) is 0 Å². The molecular weight excluding hydrogens is 384 g/mol. The first kappa shape index (κ1) is 21.0. The van der Waals surface area contributed by atoms with Gasteiger partial charge in [-0.15, -0.1) is 0 Å². The second-order valence-corrected chi connectivity index (χ2v) is 6.66. The molecule has 2 aromatic rings. The summed E-state index contributed by atoms with van der Waals surface area (Å²) in [6, 6.07) is 15.0. The van der Waals surface area contributed by atoms with Crippen molar-refractivity contribution < 1.29 is 28.6 Å². The monoisotopic (exact) mass is 406 g/mol. The van der Waals surface area contributed by atoms with Gasteiger partial charge in [0.15, 0.2) is 29.0 Å². The summed E-state index contributed by atoms with van der Waals surface area (Å²) in [5.74, 6) is -2.20. The van der Waals surface area contributed by atoms with Crippen molar-refractivity contribution in [2.45, 2.75) is 20.5 Å². The fourth-order valence-electron chi connectivity index (χ4n) is 2.93. The molecule has 1 unspecified atom stereocenters. The molecule has 1 heterocycles. The number of hydrogen-bond donors (Lipinski definition) is 0. The number of cyclic esters (lactones) is 1. The maximum Gasteiger partial charge on any atom is 0.329 e. The average Bonchev–Trinajstić information content (AvgIpc) is 2.72. The molecule has 3 rings (SSSR count).